The van der Waals surface area contributed by atoms with E-state index in [1.165, 1.54) is 12.1 Å². The van der Waals surface area contributed by atoms with Gasteiger partial charge in [0, 0.05) is 30.2 Å². The summed E-state index contributed by atoms with van der Waals surface area (Å²) in [4.78, 5) is 11.8. The lowest BCUT2D eigenvalue weighted by atomic mass is 10.2. The second-order valence-corrected chi connectivity index (χ2v) is 5.61. The number of carbonyl (C=O) groups is 1. The van der Waals surface area contributed by atoms with Crippen molar-refractivity contribution in [2.24, 2.45) is 0 Å². The van der Waals surface area contributed by atoms with Crippen molar-refractivity contribution in [2.45, 2.75) is 19.1 Å². The standard InChI is InChI=1S/C17H16ClF3N2O/c18-14-5-1-12(2-6-14)11-22-10-9-16(24)23-15-7-3-13(4-8-15)17(19,20)21/h1-8,22H,9-11H2,(H,23,24). The highest BCUT2D eigenvalue weighted by Gasteiger charge is 2.29. The molecule has 7 heteroatoms. The topological polar surface area (TPSA) is 41.1 Å². The molecule has 0 aliphatic carbocycles. The Morgan fingerprint density at radius 3 is 2.21 bits per heavy atom. The molecule has 3 nitrogen and oxygen atoms in total. The second kappa shape index (κ2) is 8.17. The summed E-state index contributed by atoms with van der Waals surface area (Å²) in [5, 5.41) is 6.34. The molecule has 0 fully saturated rings. The summed E-state index contributed by atoms with van der Waals surface area (Å²) in [6.07, 6.45) is -4.16. The van der Waals surface area contributed by atoms with Gasteiger partial charge in [-0.15, -0.1) is 0 Å². The number of anilines is 1. The predicted molar refractivity (Wildman–Crippen MR) is 87.8 cm³/mol. The molecule has 0 saturated carbocycles. The Balaban J connectivity index is 1.72. The van der Waals surface area contributed by atoms with Crippen LogP contribution >= 0.6 is 11.6 Å². The van der Waals surface area contributed by atoms with E-state index in [1.807, 2.05) is 12.1 Å². The number of hydrogen-bond acceptors (Lipinski definition) is 2. The van der Waals surface area contributed by atoms with E-state index in [-0.39, 0.29) is 12.3 Å². The molecular formula is C17H16ClF3N2O. The van der Waals surface area contributed by atoms with Gasteiger partial charge in [0.2, 0.25) is 5.91 Å². The summed E-state index contributed by atoms with van der Waals surface area (Å²) in [6, 6.07) is 11.7. The Hall–Kier alpha value is -2.05. The third kappa shape index (κ3) is 5.86. The van der Waals surface area contributed by atoms with Gasteiger partial charge in [0.05, 0.1) is 5.56 Å². The highest BCUT2D eigenvalue weighted by atomic mass is 35.5. The average Bonchev–Trinajstić information content (AvgIpc) is 2.53. The molecule has 0 aromatic heterocycles. The highest BCUT2D eigenvalue weighted by Crippen LogP contribution is 2.29. The van der Waals surface area contributed by atoms with Crippen LogP contribution in [-0.4, -0.2) is 12.5 Å². The van der Waals surface area contributed by atoms with Crippen LogP contribution < -0.4 is 10.6 Å². The fourth-order valence-corrected chi connectivity index (χ4v) is 2.13. The van der Waals surface area contributed by atoms with E-state index in [0.717, 1.165) is 17.7 Å². The van der Waals surface area contributed by atoms with Crippen molar-refractivity contribution in [2.75, 3.05) is 11.9 Å². The summed E-state index contributed by atoms with van der Waals surface area (Å²) >= 11 is 5.79. The third-order valence-electron chi connectivity index (χ3n) is 3.27. The summed E-state index contributed by atoms with van der Waals surface area (Å²) in [6.45, 7) is 1.06. The van der Waals surface area contributed by atoms with Crippen molar-refractivity contribution in [1.29, 1.82) is 0 Å². The van der Waals surface area contributed by atoms with Gasteiger partial charge in [-0.25, -0.2) is 0 Å². The third-order valence-corrected chi connectivity index (χ3v) is 3.52. The molecule has 128 valence electrons. The molecule has 0 spiro atoms. The molecule has 0 aliphatic heterocycles. The van der Waals surface area contributed by atoms with Crippen molar-refractivity contribution >= 4 is 23.2 Å². The Bertz CT molecular complexity index is 670. The minimum atomic E-state index is -4.38. The van der Waals surface area contributed by atoms with Crippen molar-refractivity contribution in [1.82, 2.24) is 5.32 Å². The average molecular weight is 357 g/mol. The molecule has 0 aliphatic rings. The monoisotopic (exact) mass is 356 g/mol. The first-order chi connectivity index (χ1) is 11.3. The second-order valence-electron chi connectivity index (χ2n) is 5.18. The molecule has 0 saturated heterocycles. The zero-order valence-corrected chi connectivity index (χ0v) is 13.4. The molecule has 0 radical (unpaired) electrons. The van der Waals surface area contributed by atoms with E-state index in [4.69, 9.17) is 11.6 Å². The lowest BCUT2D eigenvalue weighted by Gasteiger charge is -2.09. The maximum absolute atomic E-state index is 12.4. The van der Waals surface area contributed by atoms with Crippen LogP contribution in [0.3, 0.4) is 0 Å². The molecule has 0 atom stereocenters. The number of amides is 1. The number of halogens is 4. The van der Waals surface area contributed by atoms with Crippen LogP contribution in [0.25, 0.3) is 0 Å². The Morgan fingerprint density at radius 2 is 1.62 bits per heavy atom. The van der Waals surface area contributed by atoms with Gasteiger partial charge in [0.25, 0.3) is 0 Å². The summed E-state index contributed by atoms with van der Waals surface area (Å²) in [7, 11) is 0. The van der Waals surface area contributed by atoms with Gasteiger partial charge in [0.15, 0.2) is 0 Å². The lowest BCUT2D eigenvalue weighted by Crippen LogP contribution is -2.21. The maximum Gasteiger partial charge on any atom is 0.416 e. The smallest absolute Gasteiger partial charge is 0.326 e. The van der Waals surface area contributed by atoms with Crippen LogP contribution in [0.4, 0.5) is 18.9 Å². The zero-order valence-electron chi connectivity index (χ0n) is 12.7. The molecule has 24 heavy (non-hydrogen) atoms. The van der Waals surface area contributed by atoms with Crippen molar-refractivity contribution in [3.8, 4) is 0 Å². The minimum absolute atomic E-state index is 0.217. The highest BCUT2D eigenvalue weighted by molar-refractivity contribution is 6.30. The van der Waals surface area contributed by atoms with E-state index in [9.17, 15) is 18.0 Å². The Morgan fingerprint density at radius 1 is 1.00 bits per heavy atom. The number of benzene rings is 2. The number of carbonyl (C=O) groups excluding carboxylic acids is 1. The van der Waals surface area contributed by atoms with Gasteiger partial charge >= 0.3 is 6.18 Å². The first-order valence-corrected chi connectivity index (χ1v) is 7.64. The summed E-state index contributed by atoms with van der Waals surface area (Å²) in [5.41, 5.74) is 0.637. The van der Waals surface area contributed by atoms with Crippen molar-refractivity contribution in [3.63, 3.8) is 0 Å². The number of hydrogen-bond donors (Lipinski definition) is 2. The van der Waals surface area contributed by atoms with Gasteiger partial charge in [-0.05, 0) is 42.0 Å². The summed E-state index contributed by atoms with van der Waals surface area (Å²) < 4.78 is 37.3. The van der Waals surface area contributed by atoms with Gasteiger partial charge < -0.3 is 10.6 Å². The fraction of sp³-hybridized carbons (Fsp3) is 0.235. The number of nitrogens with one attached hydrogen (secondary N) is 2. The SMILES string of the molecule is O=C(CCNCc1ccc(Cl)cc1)Nc1ccc(C(F)(F)F)cc1. The molecule has 0 bridgehead atoms. The normalized spacial score (nSPS) is 11.3. The van der Waals surface area contributed by atoms with E-state index >= 15 is 0 Å². The molecule has 2 N–H and O–H groups in total. The molecular weight excluding hydrogens is 341 g/mol. The maximum atomic E-state index is 12.4. The van der Waals surface area contributed by atoms with Crippen LogP contribution in [0.15, 0.2) is 48.5 Å². The first kappa shape index (κ1) is 18.3. The molecule has 2 aromatic rings. The quantitative estimate of drug-likeness (QED) is 0.749. The summed E-state index contributed by atoms with van der Waals surface area (Å²) in [5.74, 6) is -0.265. The van der Waals surface area contributed by atoms with E-state index in [1.54, 1.807) is 12.1 Å². The van der Waals surface area contributed by atoms with E-state index < -0.39 is 11.7 Å². The van der Waals surface area contributed by atoms with Crippen LogP contribution in [0.2, 0.25) is 5.02 Å². The molecule has 1 amide bonds. The largest absolute Gasteiger partial charge is 0.416 e. The van der Waals surface area contributed by atoms with E-state index in [0.29, 0.717) is 23.8 Å². The molecule has 0 unspecified atom stereocenters. The first-order valence-electron chi connectivity index (χ1n) is 7.27. The van der Waals surface area contributed by atoms with E-state index in [2.05, 4.69) is 10.6 Å². The Kier molecular flexibility index (Phi) is 6.23. The minimum Gasteiger partial charge on any atom is -0.326 e. The fourth-order valence-electron chi connectivity index (χ4n) is 2.00. The van der Waals surface area contributed by atoms with Crippen LogP contribution in [0.1, 0.15) is 17.5 Å². The van der Waals surface area contributed by atoms with Crippen molar-refractivity contribution < 1.29 is 18.0 Å². The Labute approximate surface area is 142 Å². The van der Waals surface area contributed by atoms with Gasteiger partial charge in [0.1, 0.15) is 0 Å². The van der Waals surface area contributed by atoms with Crippen LogP contribution in [0.5, 0.6) is 0 Å². The van der Waals surface area contributed by atoms with Crippen LogP contribution in [0, 0.1) is 0 Å². The zero-order chi connectivity index (χ0) is 17.6. The molecule has 2 rings (SSSR count). The molecule has 0 heterocycles. The van der Waals surface area contributed by atoms with Gasteiger partial charge in [-0.1, -0.05) is 23.7 Å². The van der Waals surface area contributed by atoms with Crippen molar-refractivity contribution in [3.05, 3.63) is 64.7 Å². The lowest BCUT2D eigenvalue weighted by molar-refractivity contribution is -0.137. The number of alkyl halides is 3. The molecule has 2 aromatic carbocycles. The van der Waals surface area contributed by atoms with Gasteiger partial charge in [-0.2, -0.15) is 13.2 Å². The van der Waals surface area contributed by atoms with Gasteiger partial charge in [-0.3, -0.25) is 4.79 Å². The van der Waals surface area contributed by atoms with Crippen LogP contribution in [-0.2, 0) is 17.5 Å². The predicted octanol–water partition coefficient (Wildman–Crippen LogP) is 4.48. The number of rotatable bonds is 6.